The van der Waals surface area contributed by atoms with Gasteiger partial charge in [-0.1, -0.05) is 12.1 Å². The number of thioether (sulfide) groups is 1. The average molecular weight is 580 g/mol. The summed E-state index contributed by atoms with van der Waals surface area (Å²) >= 11 is 1.28. The van der Waals surface area contributed by atoms with Crippen molar-refractivity contribution in [2.45, 2.75) is 37.8 Å². The van der Waals surface area contributed by atoms with Crippen LogP contribution in [0.25, 0.3) is 17.0 Å². The largest absolute Gasteiger partial charge is 0.416 e. The van der Waals surface area contributed by atoms with E-state index in [0.717, 1.165) is 38.5 Å². The summed E-state index contributed by atoms with van der Waals surface area (Å²) in [6.07, 6.45) is -4.44. The molecule has 4 fully saturated rings. The van der Waals surface area contributed by atoms with Gasteiger partial charge in [0.05, 0.1) is 40.3 Å². The van der Waals surface area contributed by atoms with E-state index < -0.39 is 23.5 Å². The Morgan fingerprint density at radius 2 is 1.82 bits per heavy atom. The number of amides is 1. The summed E-state index contributed by atoms with van der Waals surface area (Å²) in [5, 5.41) is 8.20. The number of aliphatic imine (C=N–C) groups is 1. The van der Waals surface area contributed by atoms with Gasteiger partial charge in [-0.3, -0.25) is 14.5 Å². The first kappa shape index (κ1) is 26.9. The van der Waals surface area contributed by atoms with Crippen molar-refractivity contribution in [2.75, 3.05) is 19.6 Å². The van der Waals surface area contributed by atoms with Crippen molar-refractivity contribution in [1.29, 1.82) is 0 Å². The topological polar surface area (TPSA) is 62.5 Å². The zero-order valence-electron chi connectivity index (χ0n) is 20.9. The third kappa shape index (κ3) is 5.36. The molecular formula is C27H23F6N5OS. The standard InChI is InChI=1S/C27H23F6N5OS/c28-26(29,30)19-3-2-17(20(11-19)27(31,32)33)13-38-22-4-1-15(9-18(22)12-34-38)10-23-24(39)36-25(40-23)35-21-14-37-7-5-16(21)6-8-37/h1-4,9-12,16,21H,5-8,13-14H2,(H,35,36,39)/b23-10-/t21-/m0/s1. The summed E-state index contributed by atoms with van der Waals surface area (Å²) in [5.41, 5.74) is -1.85. The quantitative estimate of drug-likeness (QED) is 0.315. The fourth-order valence-corrected chi connectivity index (χ4v) is 6.39. The van der Waals surface area contributed by atoms with Gasteiger partial charge in [-0.15, -0.1) is 0 Å². The number of carbonyl (C=O) groups is 1. The number of piperidine rings is 3. The second-order valence-electron chi connectivity index (χ2n) is 10.2. The van der Waals surface area contributed by atoms with Crippen LogP contribution in [-0.2, 0) is 23.7 Å². The molecule has 0 unspecified atom stereocenters. The smallest absolute Gasteiger partial charge is 0.301 e. The molecule has 2 bridgehead atoms. The molecule has 3 aromatic rings. The fraction of sp³-hybridized carbons (Fsp3) is 0.370. The van der Waals surface area contributed by atoms with Gasteiger partial charge in [0.2, 0.25) is 0 Å². The molecule has 6 nitrogen and oxygen atoms in total. The third-order valence-corrected chi connectivity index (χ3v) is 8.51. The van der Waals surface area contributed by atoms with Crippen LogP contribution in [0.15, 0.2) is 52.5 Å². The molecule has 2 aromatic carbocycles. The predicted octanol–water partition coefficient (Wildman–Crippen LogP) is 5.78. The fourth-order valence-electron chi connectivity index (χ4n) is 5.51. The number of aromatic nitrogens is 2. The first-order chi connectivity index (χ1) is 18.9. The van der Waals surface area contributed by atoms with E-state index >= 15 is 0 Å². The number of nitrogens with one attached hydrogen (secondary N) is 1. The van der Waals surface area contributed by atoms with Crippen molar-refractivity contribution in [3.05, 3.63) is 69.8 Å². The number of alkyl halides is 6. The molecule has 1 atom stereocenters. The minimum atomic E-state index is -4.96. The van der Waals surface area contributed by atoms with Crippen molar-refractivity contribution in [3.63, 3.8) is 0 Å². The van der Waals surface area contributed by atoms with Crippen LogP contribution < -0.4 is 5.32 Å². The van der Waals surface area contributed by atoms with Gasteiger partial charge < -0.3 is 10.2 Å². The van der Waals surface area contributed by atoms with E-state index in [1.807, 2.05) is 0 Å². The van der Waals surface area contributed by atoms with Gasteiger partial charge in [0.25, 0.3) is 5.91 Å². The van der Waals surface area contributed by atoms with E-state index in [0.29, 0.717) is 38.5 Å². The van der Waals surface area contributed by atoms with E-state index in [2.05, 4.69) is 15.3 Å². The molecule has 210 valence electrons. The summed E-state index contributed by atoms with van der Waals surface area (Å²) in [4.78, 5) is 20.3. The highest BCUT2D eigenvalue weighted by atomic mass is 32.2. The van der Waals surface area contributed by atoms with Crippen molar-refractivity contribution >= 4 is 39.8 Å². The number of halogens is 6. The van der Waals surface area contributed by atoms with E-state index in [1.54, 1.807) is 24.3 Å². The second kappa shape index (κ2) is 9.95. The first-order valence-electron chi connectivity index (χ1n) is 12.7. The SMILES string of the molecule is O=C1NC(=N[C@H]2CN3CCC2CC3)S/C1=C\c1ccc2c(cnn2Cc2ccc(C(F)(F)F)cc2C(F)(F)F)c1. The Morgan fingerprint density at radius 1 is 1.05 bits per heavy atom. The summed E-state index contributed by atoms with van der Waals surface area (Å²) in [6, 6.07) is 6.90. The highest BCUT2D eigenvalue weighted by Gasteiger charge is 2.38. The number of rotatable bonds is 4. The number of amidine groups is 1. The number of hydrogen-bond acceptors (Lipinski definition) is 5. The molecular weight excluding hydrogens is 556 g/mol. The van der Waals surface area contributed by atoms with Crippen molar-refractivity contribution in [3.8, 4) is 0 Å². The molecule has 4 aliphatic heterocycles. The zero-order chi connectivity index (χ0) is 28.2. The van der Waals surface area contributed by atoms with Gasteiger partial charge in [-0.05, 0) is 85.1 Å². The van der Waals surface area contributed by atoms with Gasteiger partial charge in [-0.25, -0.2) is 0 Å². The highest BCUT2D eigenvalue weighted by Crippen LogP contribution is 2.38. The maximum absolute atomic E-state index is 13.6. The number of carbonyl (C=O) groups excluding carboxylic acids is 1. The van der Waals surface area contributed by atoms with Crippen molar-refractivity contribution in [1.82, 2.24) is 20.0 Å². The van der Waals surface area contributed by atoms with E-state index in [4.69, 9.17) is 4.99 Å². The van der Waals surface area contributed by atoms with Gasteiger partial charge in [0, 0.05) is 11.9 Å². The minimum Gasteiger partial charge on any atom is -0.301 e. The maximum Gasteiger partial charge on any atom is 0.416 e. The molecule has 1 N–H and O–H groups in total. The molecule has 13 heteroatoms. The molecule has 1 amide bonds. The summed E-state index contributed by atoms with van der Waals surface area (Å²) in [6.45, 7) is 2.74. The number of nitrogens with zero attached hydrogens (tertiary/aromatic N) is 4. The number of fused-ring (bicyclic) bond motifs is 4. The lowest BCUT2D eigenvalue weighted by atomic mass is 9.84. The first-order valence-corrected chi connectivity index (χ1v) is 13.5. The van der Waals surface area contributed by atoms with Crippen LogP contribution >= 0.6 is 11.8 Å². The molecule has 0 radical (unpaired) electrons. The van der Waals surface area contributed by atoms with Crippen LogP contribution in [0.2, 0.25) is 0 Å². The van der Waals surface area contributed by atoms with Crippen molar-refractivity contribution < 1.29 is 31.1 Å². The second-order valence-corrected chi connectivity index (χ2v) is 11.2. The number of benzene rings is 2. The van der Waals surface area contributed by atoms with Crippen LogP contribution in [-0.4, -0.2) is 51.4 Å². The predicted molar refractivity (Wildman–Crippen MR) is 139 cm³/mol. The zero-order valence-corrected chi connectivity index (χ0v) is 21.7. The Balaban J connectivity index is 1.22. The lowest BCUT2D eigenvalue weighted by molar-refractivity contribution is -0.143. The average Bonchev–Trinajstić information content (AvgIpc) is 3.45. The third-order valence-electron chi connectivity index (χ3n) is 7.58. The monoisotopic (exact) mass is 579 g/mol. The summed E-state index contributed by atoms with van der Waals surface area (Å²) in [7, 11) is 0. The van der Waals surface area contributed by atoms with Gasteiger partial charge >= 0.3 is 12.4 Å². The van der Waals surface area contributed by atoms with Crippen molar-refractivity contribution in [2.24, 2.45) is 10.9 Å². The Morgan fingerprint density at radius 3 is 2.50 bits per heavy atom. The van der Waals surface area contributed by atoms with Crippen LogP contribution in [0, 0.1) is 5.92 Å². The highest BCUT2D eigenvalue weighted by molar-refractivity contribution is 8.18. The Hall–Kier alpha value is -3.32. The molecule has 0 aliphatic carbocycles. The van der Waals surface area contributed by atoms with E-state index in [-0.39, 0.29) is 30.1 Å². The summed E-state index contributed by atoms with van der Waals surface area (Å²) in [5.74, 6) is 0.291. The molecule has 4 saturated heterocycles. The van der Waals surface area contributed by atoms with Gasteiger partial charge in [0.1, 0.15) is 0 Å². The lowest BCUT2D eigenvalue weighted by Crippen LogP contribution is -2.50. The van der Waals surface area contributed by atoms with Crippen LogP contribution in [0.5, 0.6) is 0 Å². The normalized spacial score (nSPS) is 25.4. The van der Waals surface area contributed by atoms with Gasteiger partial charge in [-0.2, -0.15) is 31.4 Å². The van der Waals surface area contributed by atoms with Gasteiger partial charge in [0.15, 0.2) is 5.17 Å². The molecule has 7 rings (SSSR count). The Bertz CT molecular complexity index is 1530. The van der Waals surface area contributed by atoms with E-state index in [9.17, 15) is 31.1 Å². The summed E-state index contributed by atoms with van der Waals surface area (Å²) < 4.78 is 81.1. The number of hydrogen-bond donors (Lipinski definition) is 1. The Labute approximate surface area is 229 Å². The maximum atomic E-state index is 13.6. The van der Waals surface area contributed by atoms with E-state index in [1.165, 1.54) is 22.6 Å². The minimum absolute atomic E-state index is 0.129. The van der Waals surface area contributed by atoms with Crippen LogP contribution in [0.4, 0.5) is 26.3 Å². The molecule has 4 aliphatic rings. The molecule has 0 spiro atoms. The molecule has 0 saturated carbocycles. The molecule has 5 heterocycles. The van der Waals surface area contributed by atoms with Crippen LogP contribution in [0.3, 0.4) is 0 Å². The lowest BCUT2D eigenvalue weighted by Gasteiger charge is -2.43. The molecule has 40 heavy (non-hydrogen) atoms. The van der Waals surface area contributed by atoms with Crippen LogP contribution in [0.1, 0.15) is 35.1 Å². The molecule has 1 aromatic heterocycles. The Kier molecular flexibility index (Phi) is 6.68.